The zero-order valence-corrected chi connectivity index (χ0v) is 33.8. The first-order valence-electron chi connectivity index (χ1n) is 20.2. The van der Waals surface area contributed by atoms with Crippen LogP contribution in [-0.2, 0) is 13.1 Å². The summed E-state index contributed by atoms with van der Waals surface area (Å²) < 4.78 is 62.4. The molecule has 0 amide bonds. The SMILES string of the molecule is CCCn1cc(-c2cnc3nc(-c4ccc(F)c(-c5cc(-c6nc7ccc(-c8cnn(CCO)n8)cc7nc6-c6ccc(F)cc6)ccc5F)c4)c(-c4ccc(F)cc4)nc3c2)nn1. The highest BCUT2D eigenvalue weighted by atomic mass is 19.1. The molecule has 5 aromatic carbocycles. The third kappa shape index (κ3) is 7.70. The Kier molecular flexibility index (Phi) is 10.4. The van der Waals surface area contributed by atoms with Crippen molar-refractivity contribution in [2.45, 2.75) is 26.4 Å². The van der Waals surface area contributed by atoms with Crippen molar-refractivity contribution in [2.75, 3.05) is 6.61 Å². The molecule has 1 N–H and O–H groups in total. The molecule has 0 aliphatic carbocycles. The zero-order valence-electron chi connectivity index (χ0n) is 33.8. The molecule has 5 heterocycles. The van der Waals surface area contributed by atoms with Crippen LogP contribution in [0.1, 0.15) is 13.3 Å². The number of nitrogens with zero attached hydrogens (tertiary/aromatic N) is 11. The molecule has 10 aromatic rings. The monoisotopic (exact) mass is 855 g/mol. The fourth-order valence-electron chi connectivity index (χ4n) is 7.47. The van der Waals surface area contributed by atoms with E-state index in [1.54, 1.807) is 59.5 Å². The Morgan fingerprint density at radius 3 is 1.73 bits per heavy atom. The number of aromatic nitrogens is 11. The van der Waals surface area contributed by atoms with Gasteiger partial charge >= 0.3 is 0 Å². The molecule has 0 fully saturated rings. The Morgan fingerprint density at radius 2 is 1.09 bits per heavy atom. The number of hydrogen-bond acceptors (Lipinski definition) is 10. The van der Waals surface area contributed by atoms with Crippen molar-refractivity contribution >= 4 is 22.2 Å². The smallest absolute Gasteiger partial charge is 0.178 e. The molecule has 64 heavy (non-hydrogen) atoms. The summed E-state index contributed by atoms with van der Waals surface area (Å²) in [4.78, 5) is 25.8. The van der Waals surface area contributed by atoms with E-state index in [2.05, 4.69) is 25.5 Å². The van der Waals surface area contributed by atoms with Gasteiger partial charge in [0, 0.05) is 57.2 Å². The van der Waals surface area contributed by atoms with Crippen LogP contribution < -0.4 is 0 Å². The minimum atomic E-state index is -0.706. The van der Waals surface area contributed by atoms with Gasteiger partial charge in [-0.05, 0) is 110 Å². The average Bonchev–Trinajstić information content (AvgIpc) is 3.99. The maximum Gasteiger partial charge on any atom is 0.178 e. The number of aliphatic hydroxyl groups excluding tert-OH is 1. The normalized spacial score (nSPS) is 11.5. The minimum Gasteiger partial charge on any atom is -0.394 e. The van der Waals surface area contributed by atoms with Crippen LogP contribution in [0.15, 0.2) is 128 Å². The number of hydrogen-bond donors (Lipinski definition) is 1. The molecule has 12 nitrogen and oxygen atoms in total. The number of halogens is 4. The Labute approximate surface area is 361 Å². The predicted octanol–water partition coefficient (Wildman–Crippen LogP) is 9.78. The second-order valence-electron chi connectivity index (χ2n) is 14.9. The molecule has 5 aromatic heterocycles. The second-order valence-corrected chi connectivity index (χ2v) is 14.9. The van der Waals surface area contributed by atoms with Crippen LogP contribution in [-0.4, -0.2) is 66.6 Å². The molecule has 0 atom stereocenters. The zero-order chi connectivity index (χ0) is 43.9. The Balaban J connectivity index is 1.09. The summed E-state index contributed by atoms with van der Waals surface area (Å²) in [5, 5.41) is 26.4. The highest BCUT2D eigenvalue weighted by Gasteiger charge is 2.21. The lowest BCUT2D eigenvalue weighted by Gasteiger charge is -2.15. The van der Waals surface area contributed by atoms with Gasteiger partial charge in [0.25, 0.3) is 0 Å². The Morgan fingerprint density at radius 1 is 0.531 bits per heavy atom. The summed E-state index contributed by atoms with van der Waals surface area (Å²) in [7, 11) is 0. The van der Waals surface area contributed by atoms with Crippen LogP contribution in [0.2, 0.25) is 0 Å². The van der Waals surface area contributed by atoms with Crippen LogP contribution in [0.25, 0.3) is 101 Å². The number of aryl methyl sites for hydroxylation is 1. The minimum absolute atomic E-state index is 0.0684. The quantitative estimate of drug-likeness (QED) is 0.125. The lowest BCUT2D eigenvalue weighted by molar-refractivity contribution is 0.260. The average molecular weight is 856 g/mol. The van der Waals surface area contributed by atoms with Gasteiger partial charge < -0.3 is 5.11 Å². The van der Waals surface area contributed by atoms with Crippen molar-refractivity contribution < 1.29 is 22.7 Å². The molecule has 0 radical (unpaired) electrons. The molecular formula is C48H33F4N11O. The summed E-state index contributed by atoms with van der Waals surface area (Å²) in [6.45, 7) is 2.87. The lowest BCUT2D eigenvalue weighted by atomic mass is 9.95. The van der Waals surface area contributed by atoms with E-state index in [0.29, 0.717) is 90.6 Å². The number of benzene rings is 5. The molecule has 0 bridgehead atoms. The summed E-state index contributed by atoms with van der Waals surface area (Å²) in [5.41, 5.74) is 7.38. The van der Waals surface area contributed by atoms with Crippen molar-refractivity contribution in [3.05, 3.63) is 151 Å². The summed E-state index contributed by atoms with van der Waals surface area (Å²) in [6.07, 6.45) is 5.92. The molecule has 314 valence electrons. The Bertz CT molecular complexity index is 3150. The van der Waals surface area contributed by atoms with Gasteiger partial charge in [0.1, 0.15) is 40.2 Å². The van der Waals surface area contributed by atoms with Gasteiger partial charge in [0.15, 0.2) is 5.65 Å². The fraction of sp³-hybridized carbons (Fsp3) is 0.104. The van der Waals surface area contributed by atoms with E-state index >= 15 is 8.78 Å². The molecule has 16 heteroatoms. The van der Waals surface area contributed by atoms with Crippen LogP contribution in [0.4, 0.5) is 17.6 Å². The largest absolute Gasteiger partial charge is 0.394 e. The first-order chi connectivity index (χ1) is 31.2. The second kappa shape index (κ2) is 16.6. The van der Waals surface area contributed by atoms with Gasteiger partial charge in [-0.1, -0.05) is 18.2 Å². The van der Waals surface area contributed by atoms with Crippen LogP contribution in [0, 0.1) is 23.3 Å². The first kappa shape index (κ1) is 40.0. The number of aliphatic hydroxyl groups is 1. The van der Waals surface area contributed by atoms with E-state index in [4.69, 9.17) is 19.9 Å². The fourth-order valence-corrected chi connectivity index (χ4v) is 7.47. The highest BCUT2D eigenvalue weighted by Crippen LogP contribution is 2.39. The predicted molar refractivity (Wildman–Crippen MR) is 233 cm³/mol. The van der Waals surface area contributed by atoms with Gasteiger partial charge in [-0.25, -0.2) is 42.5 Å². The van der Waals surface area contributed by atoms with Crippen LogP contribution in [0.3, 0.4) is 0 Å². The summed E-state index contributed by atoms with van der Waals surface area (Å²) in [5.74, 6) is -2.30. The molecule has 0 saturated carbocycles. The van der Waals surface area contributed by atoms with Gasteiger partial charge in [0.2, 0.25) is 0 Å². The van der Waals surface area contributed by atoms with E-state index in [1.165, 1.54) is 65.5 Å². The van der Waals surface area contributed by atoms with Crippen LogP contribution in [0.5, 0.6) is 0 Å². The molecular weight excluding hydrogens is 823 g/mol. The number of pyridine rings is 1. The molecule has 0 spiro atoms. The topological polar surface area (TPSA) is 146 Å². The highest BCUT2D eigenvalue weighted by molar-refractivity contribution is 5.91. The third-order valence-electron chi connectivity index (χ3n) is 10.6. The van der Waals surface area contributed by atoms with Crippen molar-refractivity contribution in [3.63, 3.8) is 0 Å². The van der Waals surface area contributed by atoms with Gasteiger partial charge in [-0.15, -0.1) is 5.10 Å². The maximum atomic E-state index is 16.1. The maximum absolute atomic E-state index is 16.1. The Hall–Kier alpha value is -8.11. The van der Waals surface area contributed by atoms with Crippen molar-refractivity contribution in [1.29, 1.82) is 0 Å². The molecule has 10 rings (SSSR count). The van der Waals surface area contributed by atoms with Gasteiger partial charge in [-0.2, -0.15) is 15.0 Å². The van der Waals surface area contributed by atoms with Gasteiger partial charge in [-0.3, -0.25) is 4.68 Å². The van der Waals surface area contributed by atoms with Gasteiger partial charge in [0.05, 0.1) is 59.4 Å². The molecule has 0 aliphatic rings. The number of fused-ring (bicyclic) bond motifs is 2. The van der Waals surface area contributed by atoms with E-state index in [9.17, 15) is 13.9 Å². The van der Waals surface area contributed by atoms with E-state index < -0.39 is 23.3 Å². The van der Waals surface area contributed by atoms with E-state index in [-0.39, 0.29) is 29.9 Å². The third-order valence-corrected chi connectivity index (χ3v) is 10.6. The standard InChI is InChI=1S/C48H33F4N11O/c1-2-17-62-26-43(59-61-62)32-23-41-48(53-24-32)58-47(45(57-41)28-5-12-34(50)13-6-28)31-8-15-38(52)36(21-31)35-20-30(7-14-37(35)51)46-44(27-3-10-33(49)11-4-27)56-40-22-29(9-16-39(40)55-46)42-25-54-63(60-42)18-19-64/h3-16,20-26,64H,2,17-19H2,1H3. The van der Waals surface area contributed by atoms with Crippen molar-refractivity contribution in [2.24, 2.45) is 0 Å². The lowest BCUT2D eigenvalue weighted by Crippen LogP contribution is -2.05. The van der Waals surface area contributed by atoms with E-state index in [1.807, 2.05) is 19.2 Å². The van der Waals surface area contributed by atoms with Crippen molar-refractivity contribution in [1.82, 2.24) is 54.9 Å². The van der Waals surface area contributed by atoms with E-state index in [0.717, 1.165) is 6.42 Å². The number of rotatable bonds is 11. The van der Waals surface area contributed by atoms with Crippen LogP contribution >= 0.6 is 0 Å². The summed E-state index contributed by atoms with van der Waals surface area (Å²) in [6, 6.07) is 27.2. The molecule has 0 unspecified atom stereocenters. The molecule has 0 aliphatic heterocycles. The van der Waals surface area contributed by atoms with Crippen molar-refractivity contribution in [3.8, 4) is 78.7 Å². The summed E-state index contributed by atoms with van der Waals surface area (Å²) >= 11 is 0. The molecule has 0 saturated heterocycles. The first-order valence-corrected chi connectivity index (χ1v) is 20.2.